The molecule has 0 bridgehead atoms. The van der Waals surface area contributed by atoms with Crippen molar-refractivity contribution in [1.29, 1.82) is 0 Å². The molecule has 190 valence electrons. The van der Waals surface area contributed by atoms with Crippen molar-refractivity contribution in [3.63, 3.8) is 0 Å². The summed E-state index contributed by atoms with van der Waals surface area (Å²) in [5.41, 5.74) is 7.54. The monoisotopic (exact) mass is 523 g/mol. The van der Waals surface area contributed by atoms with Gasteiger partial charge in [-0.3, -0.25) is 4.57 Å². The van der Waals surface area contributed by atoms with Crippen molar-refractivity contribution in [3.05, 3.63) is 115 Å². The summed E-state index contributed by atoms with van der Waals surface area (Å²) in [5.74, 6) is 0.644. The highest BCUT2D eigenvalue weighted by atomic mass is 15.2. The minimum atomic E-state index is 0.644. The molecule has 5 heteroatoms. The number of aromatic nitrogens is 5. The van der Waals surface area contributed by atoms with Crippen LogP contribution in [0.5, 0.6) is 0 Å². The highest BCUT2D eigenvalue weighted by Gasteiger charge is 2.25. The molecular weight excluding hydrogens is 502 g/mol. The minimum Gasteiger partial charge on any atom is -0.308 e. The maximum Gasteiger partial charge on any atom is 0.236 e. The van der Waals surface area contributed by atoms with Crippen molar-refractivity contribution in [2.24, 2.45) is 0 Å². The number of hydrogen-bond acceptors (Lipinski definition) is 3. The molecule has 0 amide bonds. The first-order valence-electron chi connectivity index (χ1n) is 13.9. The molecule has 41 heavy (non-hydrogen) atoms. The number of para-hydroxylation sites is 2. The zero-order valence-corrected chi connectivity index (χ0v) is 22.1. The molecule has 0 unspecified atom stereocenters. The molecule has 0 fully saturated rings. The molecule has 0 atom stereocenters. The lowest BCUT2D eigenvalue weighted by molar-refractivity contribution is 0.981. The summed E-state index contributed by atoms with van der Waals surface area (Å²) in [6, 6.07) is 37.0. The number of rotatable bonds is 1. The van der Waals surface area contributed by atoms with Gasteiger partial charge in [0.1, 0.15) is 0 Å². The molecule has 0 aliphatic rings. The van der Waals surface area contributed by atoms with Crippen LogP contribution in [0.25, 0.3) is 87.7 Å². The van der Waals surface area contributed by atoms with Gasteiger partial charge in [0, 0.05) is 43.9 Å². The Morgan fingerprint density at radius 1 is 0.537 bits per heavy atom. The average Bonchev–Trinajstić information content (AvgIpc) is 3.65. The molecule has 0 saturated carbocycles. The van der Waals surface area contributed by atoms with Crippen molar-refractivity contribution in [2.45, 2.75) is 6.92 Å². The molecular formula is C36H21N5. The number of nitrogens with zero attached hydrogens (tertiary/aromatic N) is 5. The van der Waals surface area contributed by atoms with E-state index in [9.17, 15) is 0 Å². The van der Waals surface area contributed by atoms with E-state index in [4.69, 9.17) is 9.97 Å². The van der Waals surface area contributed by atoms with Crippen molar-refractivity contribution < 1.29 is 0 Å². The zero-order chi connectivity index (χ0) is 26.8. The molecule has 0 saturated heterocycles. The van der Waals surface area contributed by atoms with E-state index in [1.807, 2.05) is 19.1 Å². The largest absolute Gasteiger partial charge is 0.308 e. The van der Waals surface area contributed by atoms with Crippen molar-refractivity contribution in [2.75, 3.05) is 0 Å². The fourth-order valence-electron chi connectivity index (χ4n) is 7.19. The van der Waals surface area contributed by atoms with Crippen LogP contribution < -0.4 is 0 Å². The number of benzene rings is 5. The van der Waals surface area contributed by atoms with Gasteiger partial charge in [-0.05, 0) is 54.1 Å². The zero-order valence-electron chi connectivity index (χ0n) is 22.1. The molecule has 5 heterocycles. The first-order valence-corrected chi connectivity index (χ1v) is 13.9. The van der Waals surface area contributed by atoms with E-state index in [2.05, 4.69) is 105 Å². The van der Waals surface area contributed by atoms with Gasteiger partial charge in [0.2, 0.25) is 5.95 Å². The lowest BCUT2D eigenvalue weighted by Gasteiger charge is -2.09. The molecule has 0 radical (unpaired) electrons. The summed E-state index contributed by atoms with van der Waals surface area (Å²) in [6.45, 7) is 2.04. The fourth-order valence-corrected chi connectivity index (χ4v) is 7.19. The van der Waals surface area contributed by atoms with E-state index in [0.717, 1.165) is 22.1 Å². The van der Waals surface area contributed by atoms with E-state index in [-0.39, 0.29) is 0 Å². The van der Waals surface area contributed by atoms with Crippen LogP contribution in [-0.2, 0) is 0 Å². The van der Waals surface area contributed by atoms with Gasteiger partial charge in [-0.1, -0.05) is 66.7 Å². The third-order valence-electron chi connectivity index (χ3n) is 8.84. The lowest BCUT2D eigenvalue weighted by Crippen LogP contribution is -2.04. The third kappa shape index (κ3) is 2.54. The van der Waals surface area contributed by atoms with Crippen LogP contribution in [-0.4, -0.2) is 23.9 Å². The second-order valence-electron chi connectivity index (χ2n) is 10.9. The van der Waals surface area contributed by atoms with Gasteiger partial charge in [-0.2, -0.15) is 4.98 Å². The summed E-state index contributed by atoms with van der Waals surface area (Å²) in [7, 11) is 0. The summed E-state index contributed by atoms with van der Waals surface area (Å²) >= 11 is 0. The smallest absolute Gasteiger partial charge is 0.236 e. The van der Waals surface area contributed by atoms with Crippen LogP contribution in [0.4, 0.5) is 0 Å². The van der Waals surface area contributed by atoms with Gasteiger partial charge < -0.3 is 4.40 Å². The standard InChI is InChI=1S/C36H21N5/c1-20-22-13-8-18-37-35(22)39-36(38-20)41-29-17-16-21-9-2-3-10-23(21)31(29)33-30(41)19-26-24-11-4-6-14-27(24)40-28-15-7-5-12-25(28)32(33)34(26)40/h2-19H,1H3. The third-order valence-corrected chi connectivity index (χ3v) is 8.84. The van der Waals surface area contributed by atoms with Crippen LogP contribution in [0.1, 0.15) is 5.69 Å². The van der Waals surface area contributed by atoms with E-state index >= 15 is 0 Å². The van der Waals surface area contributed by atoms with Gasteiger partial charge in [-0.25, -0.2) is 9.97 Å². The first-order chi connectivity index (χ1) is 20.3. The van der Waals surface area contributed by atoms with Crippen molar-refractivity contribution in [1.82, 2.24) is 23.9 Å². The molecule has 5 aromatic heterocycles. The predicted octanol–water partition coefficient (Wildman–Crippen LogP) is 8.73. The highest BCUT2D eigenvalue weighted by molar-refractivity contribution is 6.38. The molecule has 10 aromatic rings. The lowest BCUT2D eigenvalue weighted by atomic mass is 9.99. The predicted molar refractivity (Wildman–Crippen MR) is 169 cm³/mol. The van der Waals surface area contributed by atoms with E-state index < -0.39 is 0 Å². The SMILES string of the molecule is Cc1nc(-n2c3ccc4ccccc4c3c3c4c5ccccc5n5c6ccccc6c(cc32)c45)nc2ncccc12. The Morgan fingerprint density at radius 3 is 2.15 bits per heavy atom. The molecule has 0 aliphatic carbocycles. The van der Waals surface area contributed by atoms with Gasteiger partial charge in [0.15, 0.2) is 5.65 Å². The van der Waals surface area contributed by atoms with Gasteiger partial charge in [-0.15, -0.1) is 0 Å². The second kappa shape index (κ2) is 7.34. The molecule has 0 spiro atoms. The Bertz CT molecular complexity index is 2710. The molecule has 0 N–H and O–H groups in total. The second-order valence-corrected chi connectivity index (χ2v) is 10.9. The molecule has 10 rings (SSSR count). The molecule has 5 nitrogen and oxygen atoms in total. The summed E-state index contributed by atoms with van der Waals surface area (Å²) in [6.07, 6.45) is 1.80. The Hall–Kier alpha value is -5.55. The molecule has 0 aliphatic heterocycles. The Balaban J connectivity index is 1.55. The number of hydrogen-bond donors (Lipinski definition) is 0. The van der Waals surface area contributed by atoms with Crippen LogP contribution in [0.15, 0.2) is 109 Å². The Kier molecular flexibility index (Phi) is 3.81. The average molecular weight is 524 g/mol. The Labute approximate surface area is 233 Å². The highest BCUT2D eigenvalue weighted by Crippen LogP contribution is 2.47. The van der Waals surface area contributed by atoms with E-state index in [1.165, 1.54) is 59.6 Å². The summed E-state index contributed by atoms with van der Waals surface area (Å²) in [5, 5.41) is 10.9. The Morgan fingerprint density at radius 2 is 1.27 bits per heavy atom. The maximum absolute atomic E-state index is 5.07. The topological polar surface area (TPSA) is 48.0 Å². The first kappa shape index (κ1) is 21.3. The number of aryl methyl sites for hydroxylation is 1. The minimum absolute atomic E-state index is 0.644. The van der Waals surface area contributed by atoms with Gasteiger partial charge in [0.05, 0.1) is 33.3 Å². The van der Waals surface area contributed by atoms with Crippen LogP contribution in [0, 0.1) is 6.92 Å². The quantitative estimate of drug-likeness (QED) is 0.216. The van der Waals surface area contributed by atoms with Crippen LogP contribution in [0.3, 0.4) is 0 Å². The van der Waals surface area contributed by atoms with Crippen LogP contribution >= 0.6 is 0 Å². The van der Waals surface area contributed by atoms with E-state index in [1.54, 1.807) is 6.20 Å². The normalized spacial score (nSPS) is 12.5. The fraction of sp³-hybridized carbons (Fsp3) is 0.0278. The van der Waals surface area contributed by atoms with Gasteiger partial charge in [0.25, 0.3) is 0 Å². The maximum atomic E-state index is 5.07. The van der Waals surface area contributed by atoms with Crippen LogP contribution in [0.2, 0.25) is 0 Å². The van der Waals surface area contributed by atoms with E-state index in [0.29, 0.717) is 11.6 Å². The summed E-state index contributed by atoms with van der Waals surface area (Å²) < 4.78 is 4.70. The van der Waals surface area contributed by atoms with Crippen molar-refractivity contribution >= 4 is 81.7 Å². The number of pyridine rings is 1. The molecule has 5 aromatic carbocycles. The van der Waals surface area contributed by atoms with Crippen molar-refractivity contribution in [3.8, 4) is 5.95 Å². The van der Waals surface area contributed by atoms with Gasteiger partial charge >= 0.3 is 0 Å². The number of fused-ring (bicyclic) bond motifs is 13. The summed E-state index contributed by atoms with van der Waals surface area (Å²) in [4.78, 5) is 14.7.